The summed E-state index contributed by atoms with van der Waals surface area (Å²) >= 11 is 7.16. The van der Waals surface area contributed by atoms with Crippen LogP contribution in [0.4, 0.5) is 0 Å². The molecule has 1 saturated carbocycles. The van der Waals surface area contributed by atoms with Gasteiger partial charge in [-0.05, 0) is 25.0 Å². The van der Waals surface area contributed by atoms with E-state index in [0.717, 1.165) is 11.4 Å². The van der Waals surface area contributed by atoms with Crippen molar-refractivity contribution in [1.82, 2.24) is 5.32 Å². The number of ketones is 1. The van der Waals surface area contributed by atoms with Crippen molar-refractivity contribution in [3.63, 3.8) is 0 Å². The van der Waals surface area contributed by atoms with Crippen molar-refractivity contribution >= 4 is 28.7 Å². The fourth-order valence-electron chi connectivity index (χ4n) is 2.11. The molecule has 0 saturated heterocycles. The molecule has 16 heavy (non-hydrogen) atoms. The van der Waals surface area contributed by atoms with E-state index in [4.69, 9.17) is 11.6 Å². The van der Waals surface area contributed by atoms with Crippen molar-refractivity contribution in [2.45, 2.75) is 38.1 Å². The summed E-state index contributed by atoms with van der Waals surface area (Å²) in [5.74, 6) is 0.197. The third-order valence-corrected chi connectivity index (χ3v) is 4.26. The molecule has 0 aliphatic heterocycles. The van der Waals surface area contributed by atoms with Gasteiger partial charge in [-0.15, -0.1) is 11.3 Å². The first-order valence-electron chi connectivity index (χ1n) is 5.77. The first-order chi connectivity index (χ1) is 7.75. The average molecular weight is 258 g/mol. The number of halogens is 1. The maximum absolute atomic E-state index is 11.7. The Morgan fingerprint density at radius 2 is 2.19 bits per heavy atom. The van der Waals surface area contributed by atoms with Crippen molar-refractivity contribution in [1.29, 1.82) is 0 Å². The number of rotatable bonds is 5. The van der Waals surface area contributed by atoms with Gasteiger partial charge in [-0.3, -0.25) is 4.79 Å². The predicted molar refractivity (Wildman–Crippen MR) is 68.5 cm³/mol. The molecule has 0 spiro atoms. The fraction of sp³-hybridized carbons (Fsp3) is 0.583. The third-order valence-electron chi connectivity index (χ3n) is 2.99. The lowest BCUT2D eigenvalue weighted by Gasteiger charge is -2.10. The Balaban J connectivity index is 1.71. The van der Waals surface area contributed by atoms with Crippen LogP contribution in [0.15, 0.2) is 12.1 Å². The molecule has 2 rings (SSSR count). The van der Waals surface area contributed by atoms with E-state index in [2.05, 4.69) is 5.32 Å². The topological polar surface area (TPSA) is 29.1 Å². The first kappa shape index (κ1) is 12.1. The molecule has 0 aromatic carbocycles. The summed E-state index contributed by atoms with van der Waals surface area (Å²) in [7, 11) is 0. The number of hydrogen-bond donors (Lipinski definition) is 1. The first-order valence-corrected chi connectivity index (χ1v) is 6.97. The number of carbonyl (C=O) groups is 1. The van der Waals surface area contributed by atoms with Crippen LogP contribution < -0.4 is 5.32 Å². The Morgan fingerprint density at radius 1 is 1.44 bits per heavy atom. The normalized spacial score (nSPS) is 16.8. The Labute approximate surface area is 105 Å². The summed E-state index contributed by atoms with van der Waals surface area (Å²) < 4.78 is 0.687. The molecule has 0 radical (unpaired) electrons. The molecule has 0 atom stereocenters. The van der Waals surface area contributed by atoms with Gasteiger partial charge in [-0.25, -0.2) is 0 Å². The van der Waals surface area contributed by atoms with Gasteiger partial charge in [0.1, 0.15) is 0 Å². The van der Waals surface area contributed by atoms with Gasteiger partial charge in [0.25, 0.3) is 0 Å². The Kier molecular flexibility index (Phi) is 4.38. The highest BCUT2D eigenvalue weighted by molar-refractivity contribution is 7.18. The lowest BCUT2D eigenvalue weighted by molar-refractivity contribution is 0.0985. The largest absolute Gasteiger partial charge is 0.314 e. The van der Waals surface area contributed by atoms with E-state index >= 15 is 0 Å². The molecule has 0 unspecified atom stereocenters. The summed E-state index contributed by atoms with van der Waals surface area (Å²) in [5, 5.41) is 3.44. The maximum atomic E-state index is 11.7. The van der Waals surface area contributed by atoms with Crippen LogP contribution in [-0.2, 0) is 0 Å². The van der Waals surface area contributed by atoms with E-state index in [1.54, 1.807) is 6.07 Å². The molecule has 1 aliphatic rings. The summed E-state index contributed by atoms with van der Waals surface area (Å²) in [6.07, 6.45) is 5.75. The van der Waals surface area contributed by atoms with Gasteiger partial charge in [0.05, 0.1) is 9.21 Å². The van der Waals surface area contributed by atoms with Gasteiger partial charge < -0.3 is 5.32 Å². The van der Waals surface area contributed by atoms with E-state index in [1.807, 2.05) is 6.07 Å². The highest BCUT2D eigenvalue weighted by Gasteiger charge is 2.15. The Morgan fingerprint density at radius 3 is 2.81 bits per heavy atom. The van der Waals surface area contributed by atoms with Crippen LogP contribution >= 0.6 is 22.9 Å². The molecule has 0 bridgehead atoms. The zero-order valence-corrected chi connectivity index (χ0v) is 10.7. The van der Waals surface area contributed by atoms with Crippen LogP contribution in [-0.4, -0.2) is 18.4 Å². The molecule has 1 aromatic heterocycles. The minimum Gasteiger partial charge on any atom is -0.314 e. The second-order valence-electron chi connectivity index (χ2n) is 4.21. The SMILES string of the molecule is O=C(CCNC1CCCC1)c1ccc(Cl)s1. The molecule has 0 amide bonds. The van der Waals surface area contributed by atoms with Crippen LogP contribution in [0.1, 0.15) is 41.8 Å². The van der Waals surface area contributed by atoms with Crippen LogP contribution in [0.3, 0.4) is 0 Å². The van der Waals surface area contributed by atoms with E-state index in [1.165, 1.54) is 37.0 Å². The fourth-order valence-corrected chi connectivity index (χ4v) is 3.12. The molecule has 1 aliphatic carbocycles. The second kappa shape index (κ2) is 5.80. The van der Waals surface area contributed by atoms with Crippen LogP contribution in [0.2, 0.25) is 4.34 Å². The van der Waals surface area contributed by atoms with Crippen LogP contribution in [0.5, 0.6) is 0 Å². The second-order valence-corrected chi connectivity index (χ2v) is 5.93. The molecule has 2 nitrogen and oxygen atoms in total. The van der Waals surface area contributed by atoms with Gasteiger partial charge in [0, 0.05) is 19.0 Å². The highest BCUT2D eigenvalue weighted by atomic mass is 35.5. The van der Waals surface area contributed by atoms with Gasteiger partial charge in [0.15, 0.2) is 5.78 Å². The van der Waals surface area contributed by atoms with Crippen molar-refractivity contribution in [3.05, 3.63) is 21.3 Å². The number of thiophene rings is 1. The Hall–Kier alpha value is -0.380. The predicted octanol–water partition coefficient (Wildman–Crippen LogP) is 3.51. The molecule has 1 fully saturated rings. The number of carbonyl (C=O) groups excluding carboxylic acids is 1. The smallest absolute Gasteiger partial charge is 0.174 e. The molecular weight excluding hydrogens is 242 g/mol. The number of hydrogen-bond acceptors (Lipinski definition) is 3. The molecule has 88 valence electrons. The van der Waals surface area contributed by atoms with Crippen LogP contribution in [0.25, 0.3) is 0 Å². The lowest BCUT2D eigenvalue weighted by Crippen LogP contribution is -2.28. The van der Waals surface area contributed by atoms with Crippen LogP contribution in [0, 0.1) is 0 Å². The quantitative estimate of drug-likeness (QED) is 0.818. The van der Waals surface area contributed by atoms with Gasteiger partial charge in [-0.2, -0.15) is 0 Å². The lowest BCUT2D eigenvalue weighted by atomic mass is 10.2. The van der Waals surface area contributed by atoms with Gasteiger partial charge >= 0.3 is 0 Å². The summed E-state index contributed by atoms with van der Waals surface area (Å²) in [4.78, 5) is 12.5. The van der Waals surface area contributed by atoms with E-state index < -0.39 is 0 Å². The van der Waals surface area contributed by atoms with Crippen molar-refractivity contribution in [3.8, 4) is 0 Å². The molecule has 1 N–H and O–H groups in total. The summed E-state index contributed by atoms with van der Waals surface area (Å²) in [6, 6.07) is 4.23. The molecular formula is C12H16ClNOS. The monoisotopic (exact) mass is 257 g/mol. The zero-order valence-electron chi connectivity index (χ0n) is 9.17. The third kappa shape index (κ3) is 3.30. The summed E-state index contributed by atoms with van der Waals surface area (Å²) in [5.41, 5.74) is 0. The maximum Gasteiger partial charge on any atom is 0.174 e. The van der Waals surface area contributed by atoms with E-state index in [-0.39, 0.29) is 5.78 Å². The van der Waals surface area contributed by atoms with Crippen molar-refractivity contribution in [2.24, 2.45) is 0 Å². The zero-order chi connectivity index (χ0) is 11.4. The van der Waals surface area contributed by atoms with E-state index in [0.29, 0.717) is 16.8 Å². The van der Waals surface area contributed by atoms with Crippen molar-refractivity contribution in [2.75, 3.05) is 6.54 Å². The van der Waals surface area contributed by atoms with Gasteiger partial charge in [0.2, 0.25) is 0 Å². The van der Waals surface area contributed by atoms with E-state index in [9.17, 15) is 4.79 Å². The number of Topliss-reactive ketones (excluding diaryl/α,β-unsaturated/α-hetero) is 1. The van der Waals surface area contributed by atoms with Gasteiger partial charge in [-0.1, -0.05) is 24.4 Å². The molecule has 1 heterocycles. The minimum absolute atomic E-state index is 0.197. The molecule has 4 heteroatoms. The molecule has 1 aromatic rings. The highest BCUT2D eigenvalue weighted by Crippen LogP contribution is 2.22. The summed E-state index contributed by atoms with van der Waals surface area (Å²) in [6.45, 7) is 0.791. The average Bonchev–Trinajstić information content (AvgIpc) is 2.89. The Bertz CT molecular complexity index is 358. The number of nitrogens with one attached hydrogen (secondary N) is 1. The minimum atomic E-state index is 0.197. The van der Waals surface area contributed by atoms with Crippen molar-refractivity contribution < 1.29 is 4.79 Å². The standard InChI is InChI=1S/C12H16ClNOS/c13-12-6-5-11(16-12)10(15)7-8-14-9-3-1-2-4-9/h5-6,9,14H,1-4,7-8H2.